The Kier molecular flexibility index (Phi) is 3.77. The quantitative estimate of drug-likeness (QED) is 0.753. The van der Waals surface area contributed by atoms with Gasteiger partial charge in [-0.05, 0) is 43.7 Å². The lowest BCUT2D eigenvalue weighted by Crippen LogP contribution is -2.07. The molecule has 0 bridgehead atoms. The van der Waals surface area contributed by atoms with Crippen LogP contribution in [0.1, 0.15) is 25.5 Å². The summed E-state index contributed by atoms with van der Waals surface area (Å²) in [6.07, 6.45) is 0. The van der Waals surface area contributed by atoms with Crippen molar-refractivity contribution >= 4 is 17.1 Å². The maximum atomic E-state index is 5.68. The van der Waals surface area contributed by atoms with Crippen LogP contribution in [0.5, 0.6) is 5.75 Å². The van der Waals surface area contributed by atoms with Gasteiger partial charge in [0.2, 0.25) is 0 Å². The molecule has 21 heavy (non-hydrogen) atoms. The van der Waals surface area contributed by atoms with Gasteiger partial charge >= 0.3 is 0 Å². The summed E-state index contributed by atoms with van der Waals surface area (Å²) in [5.41, 5.74) is 2.77. The number of para-hydroxylation sites is 2. The molecule has 1 atom stereocenters. The first-order chi connectivity index (χ1) is 10.3. The van der Waals surface area contributed by atoms with Crippen molar-refractivity contribution in [2.24, 2.45) is 0 Å². The van der Waals surface area contributed by atoms with Crippen LogP contribution < -0.4 is 10.1 Å². The second kappa shape index (κ2) is 5.87. The van der Waals surface area contributed by atoms with E-state index in [-0.39, 0.29) is 6.04 Å². The van der Waals surface area contributed by atoms with Crippen LogP contribution in [-0.2, 0) is 0 Å². The van der Waals surface area contributed by atoms with Gasteiger partial charge in [0.1, 0.15) is 11.3 Å². The molecule has 1 heterocycles. The Bertz CT molecular complexity index is 703. The lowest BCUT2D eigenvalue weighted by molar-refractivity contribution is 0.340. The van der Waals surface area contributed by atoms with Crippen molar-refractivity contribution in [1.29, 1.82) is 0 Å². The molecule has 0 radical (unpaired) electrons. The van der Waals surface area contributed by atoms with Crippen LogP contribution in [0.4, 0.5) is 6.01 Å². The lowest BCUT2D eigenvalue weighted by atomic mass is 10.1. The molecule has 0 saturated carbocycles. The summed E-state index contributed by atoms with van der Waals surface area (Å²) in [6, 6.07) is 16.4. The minimum atomic E-state index is 0.0819. The molecule has 3 rings (SSSR count). The Morgan fingerprint density at radius 2 is 2.05 bits per heavy atom. The Morgan fingerprint density at radius 3 is 2.86 bits per heavy atom. The Morgan fingerprint density at radius 1 is 1.19 bits per heavy atom. The molecule has 0 aliphatic rings. The molecule has 1 aromatic heterocycles. The van der Waals surface area contributed by atoms with E-state index < -0.39 is 0 Å². The van der Waals surface area contributed by atoms with Crippen LogP contribution in [0.2, 0.25) is 0 Å². The summed E-state index contributed by atoms with van der Waals surface area (Å²) in [7, 11) is 0. The van der Waals surface area contributed by atoms with Gasteiger partial charge in [-0.3, -0.25) is 0 Å². The molecule has 0 fully saturated rings. The van der Waals surface area contributed by atoms with Crippen LogP contribution in [0.3, 0.4) is 0 Å². The zero-order chi connectivity index (χ0) is 14.7. The van der Waals surface area contributed by atoms with Crippen molar-refractivity contribution in [3.63, 3.8) is 0 Å². The molecule has 1 unspecified atom stereocenters. The predicted molar refractivity (Wildman–Crippen MR) is 83.7 cm³/mol. The summed E-state index contributed by atoms with van der Waals surface area (Å²) in [5.74, 6) is 0.876. The van der Waals surface area contributed by atoms with Gasteiger partial charge in [-0.15, -0.1) is 0 Å². The van der Waals surface area contributed by atoms with E-state index in [2.05, 4.69) is 23.3 Å². The highest BCUT2D eigenvalue weighted by atomic mass is 16.5. The van der Waals surface area contributed by atoms with Gasteiger partial charge in [-0.2, -0.15) is 4.98 Å². The molecule has 4 nitrogen and oxygen atoms in total. The fourth-order valence-corrected chi connectivity index (χ4v) is 2.24. The van der Waals surface area contributed by atoms with E-state index in [4.69, 9.17) is 9.15 Å². The molecular formula is C17H18N2O2. The molecule has 3 aromatic rings. The van der Waals surface area contributed by atoms with E-state index in [1.807, 2.05) is 49.4 Å². The number of aromatic nitrogens is 1. The highest BCUT2D eigenvalue weighted by molar-refractivity contribution is 5.74. The molecule has 0 spiro atoms. The number of nitrogens with one attached hydrogen (secondary N) is 1. The highest BCUT2D eigenvalue weighted by Gasteiger charge is 2.11. The first kappa shape index (κ1) is 13.5. The molecule has 1 N–H and O–H groups in total. The first-order valence-electron chi connectivity index (χ1n) is 7.11. The second-order valence-corrected chi connectivity index (χ2v) is 4.86. The Labute approximate surface area is 123 Å². The standard InChI is InChI=1S/C17H18N2O2/c1-3-20-14-8-6-7-13(11-14)12(2)18-17-19-15-9-4-5-10-16(15)21-17/h4-12H,3H2,1-2H3,(H,18,19). The normalized spacial score (nSPS) is 12.3. The third-order valence-electron chi connectivity index (χ3n) is 3.30. The summed E-state index contributed by atoms with van der Waals surface area (Å²) < 4.78 is 11.2. The maximum absolute atomic E-state index is 5.68. The zero-order valence-corrected chi connectivity index (χ0v) is 12.2. The van der Waals surface area contributed by atoms with Gasteiger partial charge in [0.05, 0.1) is 12.6 Å². The van der Waals surface area contributed by atoms with E-state index in [0.29, 0.717) is 12.6 Å². The monoisotopic (exact) mass is 282 g/mol. The van der Waals surface area contributed by atoms with Crippen LogP contribution in [0.15, 0.2) is 52.9 Å². The molecular weight excluding hydrogens is 264 g/mol. The van der Waals surface area contributed by atoms with E-state index in [9.17, 15) is 0 Å². The number of fused-ring (bicyclic) bond motifs is 1. The fraction of sp³-hybridized carbons (Fsp3) is 0.235. The van der Waals surface area contributed by atoms with Gasteiger partial charge in [0, 0.05) is 0 Å². The number of hydrogen-bond acceptors (Lipinski definition) is 4. The second-order valence-electron chi connectivity index (χ2n) is 4.86. The van der Waals surface area contributed by atoms with Crippen LogP contribution in [0, 0.1) is 0 Å². The van der Waals surface area contributed by atoms with E-state index in [1.165, 1.54) is 0 Å². The fourth-order valence-electron chi connectivity index (χ4n) is 2.24. The van der Waals surface area contributed by atoms with E-state index in [0.717, 1.165) is 22.4 Å². The van der Waals surface area contributed by atoms with Crippen LogP contribution >= 0.6 is 0 Å². The summed E-state index contributed by atoms with van der Waals surface area (Å²) in [6.45, 7) is 4.71. The average Bonchev–Trinajstić information content (AvgIpc) is 2.90. The molecule has 0 aliphatic heterocycles. The van der Waals surface area contributed by atoms with Gasteiger partial charge in [-0.25, -0.2) is 0 Å². The third-order valence-corrected chi connectivity index (χ3v) is 3.30. The van der Waals surface area contributed by atoms with E-state index >= 15 is 0 Å². The summed E-state index contributed by atoms with van der Waals surface area (Å²) in [4.78, 5) is 4.43. The molecule has 0 saturated heterocycles. The lowest BCUT2D eigenvalue weighted by Gasteiger charge is -2.13. The number of oxazole rings is 1. The van der Waals surface area contributed by atoms with Crippen molar-refractivity contribution in [3.8, 4) is 5.75 Å². The van der Waals surface area contributed by atoms with Crippen LogP contribution in [0.25, 0.3) is 11.1 Å². The smallest absolute Gasteiger partial charge is 0.296 e. The molecule has 0 aliphatic carbocycles. The van der Waals surface area contributed by atoms with E-state index in [1.54, 1.807) is 0 Å². The first-order valence-corrected chi connectivity index (χ1v) is 7.11. The number of anilines is 1. The van der Waals surface area contributed by atoms with Gasteiger partial charge in [0.25, 0.3) is 6.01 Å². The number of benzene rings is 2. The predicted octanol–water partition coefficient (Wildman–Crippen LogP) is 4.40. The SMILES string of the molecule is CCOc1cccc(C(C)Nc2nc3ccccc3o2)c1. The highest BCUT2D eigenvalue weighted by Crippen LogP contribution is 2.25. The van der Waals surface area contributed by atoms with Gasteiger partial charge in [0.15, 0.2) is 5.58 Å². The van der Waals surface area contributed by atoms with Gasteiger partial charge < -0.3 is 14.5 Å². The molecule has 4 heteroatoms. The maximum Gasteiger partial charge on any atom is 0.296 e. The number of hydrogen-bond donors (Lipinski definition) is 1. The largest absolute Gasteiger partial charge is 0.494 e. The number of ether oxygens (including phenoxy) is 1. The summed E-state index contributed by atoms with van der Waals surface area (Å²) >= 11 is 0. The van der Waals surface area contributed by atoms with Crippen molar-refractivity contribution in [2.45, 2.75) is 19.9 Å². The van der Waals surface area contributed by atoms with Crippen molar-refractivity contribution in [3.05, 3.63) is 54.1 Å². The molecule has 0 amide bonds. The summed E-state index contributed by atoms with van der Waals surface area (Å²) in [5, 5.41) is 3.28. The Balaban J connectivity index is 1.78. The minimum Gasteiger partial charge on any atom is -0.494 e. The van der Waals surface area contributed by atoms with Crippen LogP contribution in [-0.4, -0.2) is 11.6 Å². The minimum absolute atomic E-state index is 0.0819. The zero-order valence-electron chi connectivity index (χ0n) is 12.2. The number of rotatable bonds is 5. The average molecular weight is 282 g/mol. The third kappa shape index (κ3) is 2.99. The number of nitrogens with zero attached hydrogens (tertiary/aromatic N) is 1. The Hall–Kier alpha value is -2.49. The van der Waals surface area contributed by atoms with Crippen molar-refractivity contribution < 1.29 is 9.15 Å². The molecule has 2 aromatic carbocycles. The molecule has 108 valence electrons. The van der Waals surface area contributed by atoms with Crippen molar-refractivity contribution in [1.82, 2.24) is 4.98 Å². The van der Waals surface area contributed by atoms with Gasteiger partial charge in [-0.1, -0.05) is 24.3 Å². The topological polar surface area (TPSA) is 47.3 Å². The van der Waals surface area contributed by atoms with Crippen molar-refractivity contribution in [2.75, 3.05) is 11.9 Å².